The van der Waals surface area contributed by atoms with E-state index in [0.29, 0.717) is 12.2 Å². The molecule has 0 fully saturated rings. The maximum absolute atomic E-state index is 12.1. The van der Waals surface area contributed by atoms with Crippen LogP contribution in [-0.2, 0) is 10.0 Å². The Kier molecular flexibility index (Phi) is 6.19. The summed E-state index contributed by atoms with van der Waals surface area (Å²) in [4.78, 5) is 14.4. The Hall–Kier alpha value is -1.87. The Balaban J connectivity index is 2.73. The van der Waals surface area contributed by atoms with Crippen LogP contribution < -0.4 is 21.1 Å². The molecule has 0 unspecified atom stereocenters. The number of carbonyl (C=O) groups is 1. The highest BCUT2D eigenvalue weighted by molar-refractivity contribution is 7.89. The molecule has 9 heteroatoms. The number of amides is 2. The second kappa shape index (κ2) is 7.65. The van der Waals surface area contributed by atoms with Crippen molar-refractivity contribution in [3.63, 3.8) is 0 Å². The molecule has 8 nitrogen and oxygen atoms in total. The number of aromatic nitrogens is 1. The molecule has 0 bridgehead atoms. The van der Waals surface area contributed by atoms with Crippen LogP contribution >= 0.6 is 0 Å². The molecule has 5 N–H and O–H groups in total. The number of anilines is 1. The summed E-state index contributed by atoms with van der Waals surface area (Å²) >= 11 is 0. The molecule has 20 heavy (non-hydrogen) atoms. The van der Waals surface area contributed by atoms with Crippen molar-refractivity contribution in [1.82, 2.24) is 15.0 Å². The Morgan fingerprint density at radius 1 is 1.35 bits per heavy atom. The van der Waals surface area contributed by atoms with Crippen molar-refractivity contribution in [3.8, 4) is 0 Å². The zero-order chi connectivity index (χ0) is 15.0. The summed E-state index contributed by atoms with van der Waals surface area (Å²) in [5.74, 6) is 0. The molecular weight excluding hydrogens is 282 g/mol. The number of urea groups is 1. The summed E-state index contributed by atoms with van der Waals surface area (Å²) in [6.45, 7) is 2.77. The van der Waals surface area contributed by atoms with Crippen LogP contribution in [0, 0.1) is 0 Å². The number of nitrogens with zero attached hydrogens (tertiary/aromatic N) is 1. The number of sulfonamides is 1. The van der Waals surface area contributed by atoms with Gasteiger partial charge in [0.25, 0.3) is 10.0 Å². The minimum Gasteiger partial charge on any atom is -0.383 e. The molecule has 1 heterocycles. The van der Waals surface area contributed by atoms with Crippen LogP contribution in [0.5, 0.6) is 0 Å². The van der Waals surface area contributed by atoms with Gasteiger partial charge in [-0.2, -0.15) is 0 Å². The molecule has 1 aromatic heterocycles. The molecule has 0 saturated carbocycles. The predicted octanol–water partition coefficient (Wildman–Crippen LogP) is -0.150. The van der Waals surface area contributed by atoms with Crippen LogP contribution in [0.15, 0.2) is 23.4 Å². The molecule has 1 aromatic rings. The maximum Gasteiger partial charge on any atom is 0.312 e. The third-order valence-electron chi connectivity index (χ3n) is 2.31. The van der Waals surface area contributed by atoms with Gasteiger partial charge in [0.05, 0.1) is 5.69 Å². The van der Waals surface area contributed by atoms with E-state index in [2.05, 4.69) is 20.3 Å². The van der Waals surface area contributed by atoms with Crippen LogP contribution in [0.25, 0.3) is 0 Å². The summed E-state index contributed by atoms with van der Waals surface area (Å²) in [6.07, 6.45) is 2.28. The molecule has 0 saturated heterocycles. The van der Waals surface area contributed by atoms with E-state index < -0.39 is 16.1 Å². The molecule has 0 aliphatic carbocycles. The highest BCUT2D eigenvalue weighted by Crippen LogP contribution is 2.17. The lowest BCUT2D eigenvalue weighted by atomic mass is 10.4. The maximum atomic E-state index is 12.1. The van der Waals surface area contributed by atoms with E-state index in [-0.39, 0.29) is 18.1 Å². The molecule has 0 spiro atoms. The second-order valence-electron chi connectivity index (χ2n) is 3.97. The normalized spacial score (nSPS) is 11.1. The minimum atomic E-state index is -3.74. The van der Waals surface area contributed by atoms with Crippen LogP contribution in [0.4, 0.5) is 10.5 Å². The number of rotatable bonds is 8. The Bertz CT molecular complexity index is 547. The summed E-state index contributed by atoms with van der Waals surface area (Å²) in [5, 5.41) is 5.24. The third-order valence-corrected chi connectivity index (χ3v) is 3.73. The van der Waals surface area contributed by atoms with E-state index in [1.807, 2.05) is 6.92 Å². The first-order valence-electron chi connectivity index (χ1n) is 6.19. The second-order valence-corrected chi connectivity index (χ2v) is 5.65. The zero-order valence-corrected chi connectivity index (χ0v) is 12.0. The molecule has 0 atom stereocenters. The lowest BCUT2D eigenvalue weighted by molar-refractivity contribution is 0.249. The van der Waals surface area contributed by atoms with Crippen LogP contribution in [0.3, 0.4) is 0 Å². The largest absolute Gasteiger partial charge is 0.383 e. The number of nitrogens with two attached hydrogens (primary N) is 1. The van der Waals surface area contributed by atoms with Gasteiger partial charge in [-0.1, -0.05) is 6.92 Å². The first kappa shape index (κ1) is 16.2. The lowest BCUT2D eigenvalue weighted by Gasteiger charge is -2.11. The first-order valence-corrected chi connectivity index (χ1v) is 7.67. The van der Waals surface area contributed by atoms with E-state index in [1.54, 1.807) is 12.1 Å². The predicted molar refractivity (Wildman–Crippen MR) is 75.8 cm³/mol. The standard InChI is InChI=1S/C11H19N5O3S/c1-2-5-13-9-4-3-6-14-10(9)20(18,19)16-8-7-15-11(12)17/h3-4,6,13,16H,2,5,7-8H2,1H3,(H3,12,15,17). The molecular formula is C11H19N5O3S. The molecule has 0 aliphatic heterocycles. The van der Waals surface area contributed by atoms with Gasteiger partial charge in [-0.15, -0.1) is 0 Å². The van der Waals surface area contributed by atoms with E-state index in [0.717, 1.165) is 6.42 Å². The summed E-state index contributed by atoms with van der Waals surface area (Å²) < 4.78 is 26.6. The highest BCUT2D eigenvalue weighted by Gasteiger charge is 2.19. The van der Waals surface area contributed by atoms with Gasteiger partial charge < -0.3 is 16.4 Å². The van der Waals surface area contributed by atoms with Gasteiger partial charge in [-0.3, -0.25) is 0 Å². The van der Waals surface area contributed by atoms with Gasteiger partial charge in [0.2, 0.25) is 0 Å². The third kappa shape index (κ3) is 5.02. The molecule has 0 aliphatic rings. The van der Waals surface area contributed by atoms with Gasteiger partial charge in [-0.05, 0) is 18.6 Å². The van der Waals surface area contributed by atoms with E-state index in [1.165, 1.54) is 6.20 Å². The molecule has 2 amide bonds. The van der Waals surface area contributed by atoms with E-state index in [9.17, 15) is 13.2 Å². The number of hydrogen-bond acceptors (Lipinski definition) is 5. The summed E-state index contributed by atoms with van der Waals surface area (Å²) in [6, 6.07) is 2.61. The van der Waals surface area contributed by atoms with E-state index in [4.69, 9.17) is 5.73 Å². The monoisotopic (exact) mass is 301 g/mol. The molecule has 112 valence electrons. The number of hydrogen-bond donors (Lipinski definition) is 4. The fourth-order valence-electron chi connectivity index (χ4n) is 1.44. The smallest absolute Gasteiger partial charge is 0.312 e. The fourth-order valence-corrected chi connectivity index (χ4v) is 2.58. The average Bonchev–Trinajstić information content (AvgIpc) is 2.41. The summed E-state index contributed by atoms with van der Waals surface area (Å²) in [5.41, 5.74) is 5.33. The Labute approximate surface area is 118 Å². The first-order chi connectivity index (χ1) is 9.47. The average molecular weight is 301 g/mol. The van der Waals surface area contributed by atoms with Gasteiger partial charge in [0.15, 0.2) is 5.03 Å². The Morgan fingerprint density at radius 2 is 2.10 bits per heavy atom. The number of pyridine rings is 1. The molecule has 1 rings (SSSR count). The Morgan fingerprint density at radius 3 is 2.75 bits per heavy atom. The van der Waals surface area contributed by atoms with Crippen LogP contribution in [-0.4, -0.2) is 39.1 Å². The van der Waals surface area contributed by atoms with Gasteiger partial charge >= 0.3 is 6.03 Å². The van der Waals surface area contributed by atoms with Crippen molar-refractivity contribution in [2.75, 3.05) is 25.0 Å². The molecule has 0 aromatic carbocycles. The zero-order valence-electron chi connectivity index (χ0n) is 11.2. The van der Waals surface area contributed by atoms with Gasteiger partial charge in [-0.25, -0.2) is 22.9 Å². The van der Waals surface area contributed by atoms with E-state index >= 15 is 0 Å². The number of primary amides is 1. The SMILES string of the molecule is CCCNc1cccnc1S(=O)(=O)NCCNC(N)=O. The van der Waals surface area contributed by atoms with Crippen molar-refractivity contribution >= 4 is 21.7 Å². The van der Waals surface area contributed by atoms with Crippen molar-refractivity contribution in [1.29, 1.82) is 0 Å². The van der Waals surface area contributed by atoms with Crippen molar-refractivity contribution < 1.29 is 13.2 Å². The summed E-state index contributed by atoms with van der Waals surface area (Å²) in [7, 11) is -3.74. The topological polar surface area (TPSA) is 126 Å². The van der Waals surface area contributed by atoms with Crippen LogP contribution in [0.1, 0.15) is 13.3 Å². The van der Waals surface area contributed by atoms with Crippen molar-refractivity contribution in [2.24, 2.45) is 5.73 Å². The number of carbonyl (C=O) groups excluding carboxylic acids is 1. The lowest BCUT2D eigenvalue weighted by Crippen LogP contribution is -2.37. The van der Waals surface area contributed by atoms with Crippen molar-refractivity contribution in [3.05, 3.63) is 18.3 Å². The highest BCUT2D eigenvalue weighted by atomic mass is 32.2. The molecule has 0 radical (unpaired) electrons. The quantitative estimate of drug-likeness (QED) is 0.497. The number of nitrogens with one attached hydrogen (secondary N) is 3. The van der Waals surface area contributed by atoms with Gasteiger partial charge in [0, 0.05) is 25.8 Å². The van der Waals surface area contributed by atoms with Gasteiger partial charge in [0.1, 0.15) is 0 Å². The minimum absolute atomic E-state index is 0.0368. The fraction of sp³-hybridized carbons (Fsp3) is 0.455. The van der Waals surface area contributed by atoms with Crippen LogP contribution in [0.2, 0.25) is 0 Å². The van der Waals surface area contributed by atoms with Crippen molar-refractivity contribution in [2.45, 2.75) is 18.4 Å².